The molecule has 1 saturated heterocycles. The molecule has 6 heteroatoms. The molecule has 2 heterocycles. The van der Waals surface area contributed by atoms with E-state index in [0.29, 0.717) is 42.8 Å². The lowest BCUT2D eigenvalue weighted by Gasteiger charge is -2.25. The number of carbonyl (C=O) groups is 1. The van der Waals surface area contributed by atoms with Crippen molar-refractivity contribution in [3.63, 3.8) is 0 Å². The molecule has 20 heavy (non-hydrogen) atoms. The summed E-state index contributed by atoms with van der Waals surface area (Å²) in [5.74, 6) is 0.350. The van der Waals surface area contributed by atoms with E-state index in [0.717, 1.165) is 5.56 Å². The number of hydrogen-bond acceptors (Lipinski definition) is 4. The van der Waals surface area contributed by atoms with Crippen LogP contribution in [0.25, 0.3) is 11.3 Å². The number of nitrogens with zero attached hydrogens (tertiary/aromatic N) is 2. The highest BCUT2D eigenvalue weighted by molar-refractivity contribution is 6.33. The van der Waals surface area contributed by atoms with E-state index in [1.54, 1.807) is 17.0 Å². The number of rotatable bonds is 2. The molecule has 1 fully saturated rings. The lowest BCUT2D eigenvalue weighted by Crippen LogP contribution is -2.40. The Labute approximate surface area is 121 Å². The van der Waals surface area contributed by atoms with Gasteiger partial charge in [-0.25, -0.2) is 0 Å². The standard InChI is InChI=1S/C14H13ClN2O3/c15-11-4-2-1-3-10(11)13-9-12(16-20-13)14(18)17-5-7-19-8-6-17/h1-4,9H,5-8H2. The minimum Gasteiger partial charge on any atom is -0.378 e. The third-order valence-corrected chi connectivity index (χ3v) is 3.50. The van der Waals surface area contributed by atoms with Crippen molar-refractivity contribution in [1.82, 2.24) is 10.1 Å². The Morgan fingerprint density at radius 2 is 2.00 bits per heavy atom. The first-order valence-corrected chi connectivity index (χ1v) is 6.72. The van der Waals surface area contributed by atoms with Crippen molar-refractivity contribution in [2.45, 2.75) is 0 Å². The molecule has 0 spiro atoms. The molecule has 0 N–H and O–H groups in total. The molecule has 0 radical (unpaired) electrons. The molecule has 0 aliphatic carbocycles. The van der Waals surface area contributed by atoms with Crippen LogP contribution in [0.15, 0.2) is 34.9 Å². The van der Waals surface area contributed by atoms with Crippen LogP contribution in [0.4, 0.5) is 0 Å². The van der Waals surface area contributed by atoms with Gasteiger partial charge in [0.25, 0.3) is 5.91 Å². The molecule has 0 saturated carbocycles. The first kappa shape index (κ1) is 13.1. The van der Waals surface area contributed by atoms with Crippen molar-refractivity contribution in [2.75, 3.05) is 26.3 Å². The van der Waals surface area contributed by atoms with E-state index >= 15 is 0 Å². The van der Waals surface area contributed by atoms with Gasteiger partial charge < -0.3 is 14.2 Å². The van der Waals surface area contributed by atoms with E-state index in [1.165, 1.54) is 0 Å². The fraction of sp³-hybridized carbons (Fsp3) is 0.286. The summed E-state index contributed by atoms with van der Waals surface area (Å²) in [6.07, 6.45) is 0. The zero-order valence-corrected chi connectivity index (χ0v) is 11.5. The molecule has 1 amide bonds. The van der Waals surface area contributed by atoms with Gasteiger partial charge in [-0.1, -0.05) is 28.9 Å². The molecule has 0 atom stereocenters. The van der Waals surface area contributed by atoms with Crippen LogP contribution in [-0.4, -0.2) is 42.3 Å². The normalized spacial score (nSPS) is 15.3. The SMILES string of the molecule is O=C(c1cc(-c2ccccc2Cl)on1)N1CCOCC1. The van der Waals surface area contributed by atoms with Crippen molar-refractivity contribution in [3.8, 4) is 11.3 Å². The van der Waals surface area contributed by atoms with Crippen molar-refractivity contribution >= 4 is 17.5 Å². The predicted molar refractivity (Wildman–Crippen MR) is 73.7 cm³/mol. The number of benzene rings is 1. The van der Waals surface area contributed by atoms with E-state index in [1.807, 2.05) is 18.2 Å². The van der Waals surface area contributed by atoms with Gasteiger partial charge in [0.15, 0.2) is 11.5 Å². The van der Waals surface area contributed by atoms with Gasteiger partial charge in [0.05, 0.1) is 18.2 Å². The van der Waals surface area contributed by atoms with Crippen LogP contribution in [0.5, 0.6) is 0 Å². The Bertz CT molecular complexity index is 620. The summed E-state index contributed by atoms with van der Waals surface area (Å²) < 4.78 is 10.5. The molecule has 1 aliphatic heterocycles. The number of ether oxygens (including phenoxy) is 1. The van der Waals surface area contributed by atoms with Gasteiger partial charge in [0, 0.05) is 24.7 Å². The molecule has 3 rings (SSSR count). The monoisotopic (exact) mass is 292 g/mol. The van der Waals surface area contributed by atoms with Crippen molar-refractivity contribution < 1.29 is 14.1 Å². The Balaban J connectivity index is 1.83. The lowest BCUT2D eigenvalue weighted by molar-refractivity contribution is 0.0296. The molecule has 104 valence electrons. The molecule has 1 aliphatic rings. The highest BCUT2D eigenvalue weighted by Crippen LogP contribution is 2.28. The quantitative estimate of drug-likeness (QED) is 0.853. The summed E-state index contributed by atoms with van der Waals surface area (Å²) in [7, 11) is 0. The van der Waals surface area contributed by atoms with Crippen LogP contribution in [0, 0.1) is 0 Å². The highest BCUT2D eigenvalue weighted by Gasteiger charge is 2.22. The van der Waals surface area contributed by atoms with Crippen LogP contribution in [0.1, 0.15) is 10.5 Å². The summed E-state index contributed by atoms with van der Waals surface area (Å²) in [6, 6.07) is 8.91. The number of amides is 1. The molecule has 2 aromatic rings. The van der Waals surface area contributed by atoms with Crippen molar-refractivity contribution in [3.05, 3.63) is 41.0 Å². The Hall–Kier alpha value is -1.85. The van der Waals surface area contributed by atoms with Crippen LogP contribution in [0.3, 0.4) is 0 Å². The number of hydrogen-bond donors (Lipinski definition) is 0. The lowest BCUT2D eigenvalue weighted by atomic mass is 10.1. The van der Waals surface area contributed by atoms with E-state index < -0.39 is 0 Å². The molecule has 5 nitrogen and oxygen atoms in total. The number of carbonyl (C=O) groups excluding carboxylic acids is 1. The molecule has 0 unspecified atom stereocenters. The van der Waals surface area contributed by atoms with Gasteiger partial charge in [0.1, 0.15) is 0 Å². The summed E-state index contributed by atoms with van der Waals surface area (Å²) in [5, 5.41) is 4.41. The first-order chi connectivity index (χ1) is 9.75. The second-order valence-electron chi connectivity index (χ2n) is 4.46. The molecular formula is C14H13ClN2O3. The Morgan fingerprint density at radius 3 is 2.75 bits per heavy atom. The second kappa shape index (κ2) is 5.64. The zero-order chi connectivity index (χ0) is 13.9. The summed E-state index contributed by atoms with van der Waals surface area (Å²) in [5.41, 5.74) is 1.02. The summed E-state index contributed by atoms with van der Waals surface area (Å²) in [4.78, 5) is 14.0. The minimum absolute atomic E-state index is 0.143. The van der Waals surface area contributed by atoms with Crippen LogP contribution < -0.4 is 0 Å². The minimum atomic E-state index is -0.143. The van der Waals surface area contributed by atoms with E-state index in [4.69, 9.17) is 20.9 Å². The number of morpholine rings is 1. The Kier molecular flexibility index (Phi) is 3.71. The zero-order valence-electron chi connectivity index (χ0n) is 10.7. The largest absolute Gasteiger partial charge is 0.378 e. The van der Waals surface area contributed by atoms with Crippen molar-refractivity contribution in [2.24, 2.45) is 0 Å². The molecular weight excluding hydrogens is 280 g/mol. The van der Waals surface area contributed by atoms with Gasteiger partial charge in [-0.3, -0.25) is 4.79 Å². The third-order valence-electron chi connectivity index (χ3n) is 3.17. The van der Waals surface area contributed by atoms with Crippen LogP contribution in [0.2, 0.25) is 5.02 Å². The maximum atomic E-state index is 12.2. The van der Waals surface area contributed by atoms with E-state index in [-0.39, 0.29) is 5.91 Å². The topological polar surface area (TPSA) is 55.6 Å². The predicted octanol–water partition coefficient (Wildman–Crippen LogP) is 2.47. The second-order valence-corrected chi connectivity index (χ2v) is 4.87. The van der Waals surface area contributed by atoms with Gasteiger partial charge in [-0.05, 0) is 12.1 Å². The van der Waals surface area contributed by atoms with Gasteiger partial charge in [0.2, 0.25) is 0 Å². The fourth-order valence-corrected chi connectivity index (χ4v) is 2.32. The average molecular weight is 293 g/mol. The van der Waals surface area contributed by atoms with Gasteiger partial charge >= 0.3 is 0 Å². The van der Waals surface area contributed by atoms with Crippen molar-refractivity contribution in [1.29, 1.82) is 0 Å². The van der Waals surface area contributed by atoms with E-state index in [9.17, 15) is 4.79 Å². The third kappa shape index (κ3) is 2.55. The number of aromatic nitrogens is 1. The maximum absolute atomic E-state index is 12.2. The smallest absolute Gasteiger partial charge is 0.276 e. The van der Waals surface area contributed by atoms with E-state index in [2.05, 4.69) is 5.16 Å². The van der Waals surface area contributed by atoms with Gasteiger partial charge in [-0.15, -0.1) is 0 Å². The number of halogens is 1. The van der Waals surface area contributed by atoms with Gasteiger partial charge in [-0.2, -0.15) is 0 Å². The summed E-state index contributed by atoms with van der Waals surface area (Å²) in [6.45, 7) is 2.27. The molecule has 1 aromatic heterocycles. The molecule has 0 bridgehead atoms. The fourth-order valence-electron chi connectivity index (χ4n) is 2.09. The van der Waals surface area contributed by atoms with Crippen LogP contribution >= 0.6 is 11.6 Å². The van der Waals surface area contributed by atoms with Crippen LogP contribution in [-0.2, 0) is 4.74 Å². The summed E-state index contributed by atoms with van der Waals surface area (Å²) >= 11 is 6.10. The first-order valence-electron chi connectivity index (χ1n) is 6.34. The molecule has 1 aromatic carbocycles. The Morgan fingerprint density at radius 1 is 1.25 bits per heavy atom. The highest BCUT2D eigenvalue weighted by atomic mass is 35.5. The average Bonchev–Trinajstić information content (AvgIpc) is 2.97. The maximum Gasteiger partial charge on any atom is 0.276 e.